The first-order valence-electron chi connectivity index (χ1n) is 31.5. The molecule has 4 nitrogen and oxygen atoms in total. The van der Waals surface area contributed by atoms with Crippen molar-refractivity contribution >= 4 is 5.91 Å². The van der Waals surface area contributed by atoms with Gasteiger partial charge in [0.2, 0.25) is 5.91 Å². The molecule has 0 saturated carbocycles. The number of carbonyl (C=O) groups excluding carboxylic acids is 1. The summed E-state index contributed by atoms with van der Waals surface area (Å²) in [6.45, 7) is 4.39. The topological polar surface area (TPSA) is 69.6 Å². The smallest absolute Gasteiger partial charge is 0.220 e. The van der Waals surface area contributed by atoms with Gasteiger partial charge in [-0.2, -0.15) is 0 Å². The van der Waals surface area contributed by atoms with Gasteiger partial charge in [0.05, 0.1) is 18.8 Å². The molecule has 3 N–H and O–H groups in total. The van der Waals surface area contributed by atoms with Crippen molar-refractivity contribution in [1.29, 1.82) is 0 Å². The van der Waals surface area contributed by atoms with Gasteiger partial charge in [-0.3, -0.25) is 4.79 Å². The van der Waals surface area contributed by atoms with Gasteiger partial charge in [0.25, 0.3) is 0 Å². The number of nitrogens with one attached hydrogen (secondary N) is 1. The number of aliphatic hydroxyl groups excluding tert-OH is 2. The molecule has 0 saturated heterocycles. The van der Waals surface area contributed by atoms with Gasteiger partial charge < -0.3 is 15.5 Å². The van der Waals surface area contributed by atoms with Crippen molar-refractivity contribution in [3.05, 3.63) is 24.3 Å². The van der Waals surface area contributed by atoms with Crippen LogP contribution in [0, 0.1) is 0 Å². The SMILES string of the molecule is CCCCCCC/C=C\C/C=C\CCCCCCCCCCCCCCCCCCCC(=O)NC(CO)C(O)CCCCCCCCCCCCCCCCCCCCCCCCCCCCC. The summed E-state index contributed by atoms with van der Waals surface area (Å²) in [4.78, 5) is 12.5. The molecule has 0 heterocycles. The highest BCUT2D eigenvalue weighted by atomic mass is 16.3. The van der Waals surface area contributed by atoms with Gasteiger partial charge >= 0.3 is 0 Å². The van der Waals surface area contributed by atoms with Crippen LogP contribution in [0.2, 0.25) is 0 Å². The lowest BCUT2D eigenvalue weighted by Gasteiger charge is -2.22. The summed E-state index contributed by atoms with van der Waals surface area (Å²) in [6.07, 6.45) is 80.5. The molecule has 0 aromatic heterocycles. The number of amides is 1. The van der Waals surface area contributed by atoms with E-state index in [-0.39, 0.29) is 12.5 Å². The molecule has 0 fully saturated rings. The fourth-order valence-corrected chi connectivity index (χ4v) is 10.2. The Morgan fingerprint density at radius 3 is 0.882 bits per heavy atom. The number of allylic oxidation sites excluding steroid dienone is 4. The summed E-state index contributed by atoms with van der Waals surface area (Å²) in [5.41, 5.74) is 0. The first kappa shape index (κ1) is 66.9. The molecule has 0 spiro atoms. The van der Waals surface area contributed by atoms with Crippen LogP contribution in [0.4, 0.5) is 0 Å². The van der Waals surface area contributed by atoms with Crippen LogP contribution in [-0.2, 0) is 4.79 Å². The minimum atomic E-state index is -0.659. The lowest BCUT2D eigenvalue weighted by Crippen LogP contribution is -2.45. The summed E-state index contributed by atoms with van der Waals surface area (Å²) in [6, 6.07) is -0.535. The van der Waals surface area contributed by atoms with Crippen LogP contribution in [0.3, 0.4) is 0 Å². The number of carbonyl (C=O) groups is 1. The predicted octanol–water partition coefficient (Wildman–Crippen LogP) is 21.0. The first-order valence-corrected chi connectivity index (χ1v) is 31.5. The summed E-state index contributed by atoms with van der Waals surface area (Å²) in [7, 11) is 0. The average Bonchev–Trinajstić information content (AvgIpc) is 3.34. The Bertz CT molecular complexity index is 994. The van der Waals surface area contributed by atoms with E-state index in [2.05, 4.69) is 43.5 Å². The maximum Gasteiger partial charge on any atom is 0.220 e. The Labute approximate surface area is 428 Å². The Hall–Kier alpha value is -1.13. The van der Waals surface area contributed by atoms with E-state index in [0.717, 1.165) is 32.1 Å². The van der Waals surface area contributed by atoms with Crippen molar-refractivity contribution in [3.8, 4) is 0 Å². The third-order valence-electron chi connectivity index (χ3n) is 15.0. The maximum absolute atomic E-state index is 12.5. The van der Waals surface area contributed by atoms with Crippen molar-refractivity contribution in [1.82, 2.24) is 5.32 Å². The van der Waals surface area contributed by atoms with Gasteiger partial charge in [-0.05, 0) is 44.9 Å². The second-order valence-electron chi connectivity index (χ2n) is 21.8. The molecule has 0 aromatic carbocycles. The van der Waals surface area contributed by atoms with E-state index in [1.165, 1.54) is 302 Å². The Morgan fingerprint density at radius 2 is 0.603 bits per heavy atom. The molecule has 2 atom stereocenters. The third-order valence-corrected chi connectivity index (χ3v) is 15.0. The fourth-order valence-electron chi connectivity index (χ4n) is 10.2. The fraction of sp³-hybridized carbons (Fsp3) is 0.922. The normalized spacial score (nSPS) is 12.8. The number of aliphatic hydroxyl groups is 2. The number of unbranched alkanes of at least 4 members (excludes halogenated alkanes) is 48. The summed E-state index contributed by atoms with van der Waals surface area (Å²) >= 11 is 0. The zero-order valence-electron chi connectivity index (χ0n) is 46.7. The molecule has 404 valence electrons. The van der Waals surface area contributed by atoms with E-state index in [1.54, 1.807) is 0 Å². The standard InChI is InChI=1S/C64H125NO3/c1-3-5-7-9-11-13-15-17-19-21-23-25-27-29-31-32-34-36-38-40-42-44-46-48-50-52-54-56-58-60-64(68)65-62(61-66)63(67)59-57-55-53-51-49-47-45-43-41-39-37-35-33-30-28-26-24-22-20-18-16-14-12-10-8-6-4-2/h15,17,21,23,62-63,66-67H,3-14,16,18-20,22,24-61H2,1-2H3,(H,65,68)/b17-15-,23-21-. The molecule has 1 amide bonds. The molecule has 4 heteroatoms. The van der Waals surface area contributed by atoms with Crippen LogP contribution in [0.15, 0.2) is 24.3 Å². The number of hydrogen-bond acceptors (Lipinski definition) is 3. The van der Waals surface area contributed by atoms with E-state index in [0.29, 0.717) is 12.8 Å². The van der Waals surface area contributed by atoms with Crippen LogP contribution in [-0.4, -0.2) is 34.9 Å². The molecule has 0 bridgehead atoms. The number of rotatable bonds is 59. The van der Waals surface area contributed by atoms with Crippen molar-refractivity contribution in [2.75, 3.05) is 6.61 Å². The average molecular weight is 957 g/mol. The van der Waals surface area contributed by atoms with Gasteiger partial charge in [0, 0.05) is 6.42 Å². The highest BCUT2D eigenvalue weighted by Gasteiger charge is 2.20. The van der Waals surface area contributed by atoms with Crippen molar-refractivity contribution in [3.63, 3.8) is 0 Å². The molecular weight excluding hydrogens is 831 g/mol. The van der Waals surface area contributed by atoms with E-state index in [4.69, 9.17) is 0 Å². The molecule has 0 aliphatic heterocycles. The monoisotopic (exact) mass is 956 g/mol. The van der Waals surface area contributed by atoms with Crippen LogP contribution >= 0.6 is 0 Å². The first-order chi connectivity index (χ1) is 33.7. The summed E-state index contributed by atoms with van der Waals surface area (Å²) in [5, 5.41) is 23.4. The Balaban J connectivity index is 3.40. The van der Waals surface area contributed by atoms with E-state index >= 15 is 0 Å². The van der Waals surface area contributed by atoms with Crippen molar-refractivity contribution in [2.24, 2.45) is 0 Å². The van der Waals surface area contributed by atoms with Crippen molar-refractivity contribution in [2.45, 2.75) is 373 Å². The van der Waals surface area contributed by atoms with Gasteiger partial charge in [-0.15, -0.1) is 0 Å². The van der Waals surface area contributed by atoms with E-state index < -0.39 is 12.1 Å². The predicted molar refractivity (Wildman–Crippen MR) is 304 cm³/mol. The highest BCUT2D eigenvalue weighted by Crippen LogP contribution is 2.19. The van der Waals surface area contributed by atoms with Gasteiger partial charge in [-0.1, -0.05) is 334 Å². The number of hydrogen-bond donors (Lipinski definition) is 3. The van der Waals surface area contributed by atoms with E-state index in [9.17, 15) is 15.0 Å². The Kier molecular flexibility index (Phi) is 59.2. The lowest BCUT2D eigenvalue weighted by atomic mass is 10.0. The lowest BCUT2D eigenvalue weighted by molar-refractivity contribution is -0.123. The summed E-state index contributed by atoms with van der Waals surface area (Å²) in [5.74, 6) is -0.0239. The van der Waals surface area contributed by atoms with Crippen LogP contribution in [0.1, 0.15) is 361 Å². The second kappa shape index (κ2) is 60.2. The molecule has 2 unspecified atom stereocenters. The van der Waals surface area contributed by atoms with Crippen LogP contribution in [0.25, 0.3) is 0 Å². The minimum absolute atomic E-state index is 0.0239. The van der Waals surface area contributed by atoms with Gasteiger partial charge in [0.1, 0.15) is 0 Å². The Morgan fingerprint density at radius 1 is 0.353 bits per heavy atom. The van der Waals surface area contributed by atoms with Crippen LogP contribution < -0.4 is 5.32 Å². The van der Waals surface area contributed by atoms with E-state index in [1.807, 2.05) is 0 Å². The molecule has 0 aliphatic carbocycles. The molecule has 0 aliphatic rings. The molecular formula is C64H125NO3. The van der Waals surface area contributed by atoms with Crippen molar-refractivity contribution < 1.29 is 15.0 Å². The molecule has 0 radical (unpaired) electrons. The summed E-state index contributed by atoms with van der Waals surface area (Å²) < 4.78 is 0. The maximum atomic E-state index is 12.5. The zero-order valence-corrected chi connectivity index (χ0v) is 46.7. The minimum Gasteiger partial charge on any atom is -0.394 e. The largest absolute Gasteiger partial charge is 0.394 e. The van der Waals surface area contributed by atoms with Crippen LogP contribution in [0.5, 0.6) is 0 Å². The van der Waals surface area contributed by atoms with Gasteiger partial charge in [0.15, 0.2) is 0 Å². The van der Waals surface area contributed by atoms with Gasteiger partial charge in [-0.25, -0.2) is 0 Å². The zero-order chi connectivity index (χ0) is 49.2. The molecule has 0 aromatic rings. The highest BCUT2D eigenvalue weighted by molar-refractivity contribution is 5.76. The second-order valence-corrected chi connectivity index (χ2v) is 21.8. The molecule has 0 rings (SSSR count). The quantitative estimate of drug-likeness (QED) is 0.0420. The third kappa shape index (κ3) is 55.8. The molecule has 68 heavy (non-hydrogen) atoms.